The average molecular weight is 432 g/mol. The Balaban J connectivity index is 1.48. The minimum absolute atomic E-state index is 0.114. The number of thioether (sulfide) groups is 1. The normalized spacial score (nSPS) is 10.7. The van der Waals surface area contributed by atoms with Crippen LogP contribution in [-0.2, 0) is 18.8 Å². The zero-order valence-corrected chi connectivity index (χ0v) is 17.6. The van der Waals surface area contributed by atoms with Gasteiger partial charge in [-0.25, -0.2) is 0 Å². The highest BCUT2D eigenvalue weighted by atomic mass is 32.2. The molecule has 0 aliphatic carbocycles. The molecular weight excluding hydrogens is 410 g/mol. The fourth-order valence-electron chi connectivity index (χ4n) is 3.07. The Kier molecular flexibility index (Phi) is 6.59. The van der Waals surface area contributed by atoms with Crippen molar-refractivity contribution in [3.05, 3.63) is 96.5 Å². The maximum absolute atomic E-state index is 12.8. The summed E-state index contributed by atoms with van der Waals surface area (Å²) in [4.78, 5) is 16.8. The molecule has 7 nitrogen and oxygen atoms in total. The highest BCUT2D eigenvalue weighted by molar-refractivity contribution is 7.98. The number of benzene rings is 1. The van der Waals surface area contributed by atoms with Crippen molar-refractivity contribution in [3.63, 3.8) is 0 Å². The van der Waals surface area contributed by atoms with E-state index in [1.54, 1.807) is 24.7 Å². The molecule has 8 heteroatoms. The molecule has 0 unspecified atom stereocenters. The predicted octanol–water partition coefficient (Wildman–Crippen LogP) is 4.34. The third-order valence-electron chi connectivity index (χ3n) is 4.59. The van der Waals surface area contributed by atoms with E-state index in [0.717, 1.165) is 16.3 Å². The van der Waals surface area contributed by atoms with Gasteiger partial charge >= 0.3 is 0 Å². The summed E-state index contributed by atoms with van der Waals surface area (Å²) >= 11 is 1.52. The predicted molar refractivity (Wildman–Crippen MR) is 119 cm³/mol. The standard InChI is InChI=1S/C23H21N5O2S/c1-2-13-28-21(20-8-5-14-30-20)26-27-23(28)31-16-18-6-3-4-7-19(18)22(29)25-15-17-9-11-24-12-10-17/h2-12,14H,1,13,15-16H2,(H,25,29). The van der Waals surface area contributed by atoms with E-state index in [9.17, 15) is 4.79 Å². The number of hydrogen-bond donors (Lipinski definition) is 1. The lowest BCUT2D eigenvalue weighted by molar-refractivity contribution is 0.0950. The van der Waals surface area contributed by atoms with Crippen molar-refractivity contribution in [2.75, 3.05) is 0 Å². The lowest BCUT2D eigenvalue weighted by Crippen LogP contribution is -2.23. The van der Waals surface area contributed by atoms with Gasteiger partial charge in [-0.1, -0.05) is 36.0 Å². The first kappa shape index (κ1) is 20.6. The van der Waals surface area contributed by atoms with Gasteiger partial charge in [0.25, 0.3) is 5.91 Å². The third kappa shape index (κ3) is 4.92. The molecule has 0 bridgehead atoms. The number of pyridine rings is 1. The smallest absolute Gasteiger partial charge is 0.251 e. The fraction of sp³-hybridized carbons (Fsp3) is 0.130. The molecule has 0 saturated heterocycles. The molecule has 0 aliphatic heterocycles. The molecule has 0 saturated carbocycles. The van der Waals surface area contributed by atoms with Crippen molar-refractivity contribution >= 4 is 17.7 Å². The van der Waals surface area contributed by atoms with Crippen LogP contribution in [0.2, 0.25) is 0 Å². The number of rotatable bonds is 9. The van der Waals surface area contributed by atoms with Gasteiger partial charge in [0.15, 0.2) is 10.9 Å². The first-order chi connectivity index (χ1) is 15.3. The van der Waals surface area contributed by atoms with Crippen LogP contribution in [0, 0.1) is 0 Å². The molecule has 156 valence electrons. The van der Waals surface area contributed by atoms with Crippen LogP contribution >= 0.6 is 11.8 Å². The van der Waals surface area contributed by atoms with Crippen LogP contribution in [0.5, 0.6) is 0 Å². The second-order valence-electron chi connectivity index (χ2n) is 6.67. The van der Waals surface area contributed by atoms with Crippen LogP contribution < -0.4 is 5.32 Å². The van der Waals surface area contributed by atoms with Crippen molar-refractivity contribution in [2.24, 2.45) is 0 Å². The van der Waals surface area contributed by atoms with E-state index in [1.165, 1.54) is 11.8 Å². The number of aromatic nitrogens is 4. The van der Waals surface area contributed by atoms with E-state index in [4.69, 9.17) is 4.42 Å². The van der Waals surface area contributed by atoms with Gasteiger partial charge in [0.05, 0.1) is 6.26 Å². The summed E-state index contributed by atoms with van der Waals surface area (Å²) in [5.41, 5.74) is 2.57. The number of nitrogens with zero attached hydrogens (tertiary/aromatic N) is 4. The van der Waals surface area contributed by atoms with Crippen LogP contribution in [0.1, 0.15) is 21.5 Å². The zero-order chi connectivity index (χ0) is 21.5. The summed E-state index contributed by atoms with van der Waals surface area (Å²) < 4.78 is 7.42. The Hall–Kier alpha value is -3.65. The average Bonchev–Trinajstić information content (AvgIpc) is 3.47. The van der Waals surface area contributed by atoms with E-state index in [0.29, 0.717) is 36.0 Å². The van der Waals surface area contributed by atoms with Gasteiger partial charge in [-0.2, -0.15) is 0 Å². The Labute approximate surface area is 184 Å². The molecular formula is C23H21N5O2S. The minimum atomic E-state index is -0.114. The SMILES string of the molecule is C=CCn1c(SCc2ccccc2C(=O)NCc2ccncc2)nnc1-c1ccco1. The van der Waals surface area contributed by atoms with Crippen LogP contribution in [0.15, 0.2) is 89.4 Å². The van der Waals surface area contributed by atoms with Gasteiger partial charge in [0.2, 0.25) is 5.82 Å². The summed E-state index contributed by atoms with van der Waals surface area (Å²) in [7, 11) is 0. The van der Waals surface area contributed by atoms with E-state index < -0.39 is 0 Å². The fourth-order valence-corrected chi connectivity index (χ4v) is 4.02. The lowest BCUT2D eigenvalue weighted by atomic mass is 10.1. The monoisotopic (exact) mass is 431 g/mol. The van der Waals surface area contributed by atoms with Crippen molar-refractivity contribution in [3.8, 4) is 11.6 Å². The van der Waals surface area contributed by atoms with Crippen LogP contribution in [-0.4, -0.2) is 25.7 Å². The van der Waals surface area contributed by atoms with Gasteiger partial charge in [0, 0.05) is 36.8 Å². The minimum Gasteiger partial charge on any atom is -0.461 e. The largest absolute Gasteiger partial charge is 0.461 e. The van der Waals surface area contributed by atoms with Gasteiger partial charge in [-0.15, -0.1) is 16.8 Å². The summed E-state index contributed by atoms with van der Waals surface area (Å²) in [6, 6.07) is 15.0. The number of furan rings is 1. The van der Waals surface area contributed by atoms with Crippen molar-refractivity contribution in [1.29, 1.82) is 0 Å². The van der Waals surface area contributed by atoms with E-state index in [1.807, 2.05) is 53.1 Å². The van der Waals surface area contributed by atoms with E-state index >= 15 is 0 Å². The Morgan fingerprint density at radius 2 is 1.97 bits per heavy atom. The number of nitrogens with one attached hydrogen (secondary N) is 1. The Morgan fingerprint density at radius 3 is 2.74 bits per heavy atom. The number of carbonyl (C=O) groups is 1. The molecule has 0 atom stereocenters. The molecule has 0 radical (unpaired) electrons. The summed E-state index contributed by atoms with van der Waals surface area (Å²) in [6.45, 7) is 4.83. The molecule has 4 rings (SSSR count). The van der Waals surface area contributed by atoms with Crippen LogP contribution in [0.4, 0.5) is 0 Å². The summed E-state index contributed by atoms with van der Waals surface area (Å²) in [5, 5.41) is 12.3. The second-order valence-corrected chi connectivity index (χ2v) is 7.61. The van der Waals surface area contributed by atoms with Gasteiger partial charge < -0.3 is 9.73 Å². The van der Waals surface area contributed by atoms with Crippen LogP contribution in [0.25, 0.3) is 11.6 Å². The number of carbonyl (C=O) groups excluding carboxylic acids is 1. The molecule has 0 fully saturated rings. The topological polar surface area (TPSA) is 85.8 Å². The molecule has 4 aromatic rings. The first-order valence-electron chi connectivity index (χ1n) is 9.72. The lowest BCUT2D eigenvalue weighted by Gasteiger charge is -2.11. The highest BCUT2D eigenvalue weighted by Crippen LogP contribution is 2.27. The van der Waals surface area contributed by atoms with Crippen molar-refractivity contribution in [1.82, 2.24) is 25.1 Å². The molecule has 0 spiro atoms. The molecule has 31 heavy (non-hydrogen) atoms. The molecule has 1 N–H and O–H groups in total. The maximum atomic E-state index is 12.8. The Morgan fingerprint density at radius 1 is 1.13 bits per heavy atom. The first-order valence-corrected chi connectivity index (χ1v) is 10.7. The molecule has 1 amide bonds. The molecule has 0 aliphatic rings. The molecule has 3 aromatic heterocycles. The quantitative estimate of drug-likeness (QED) is 0.313. The second kappa shape index (κ2) is 9.90. The van der Waals surface area contributed by atoms with E-state index in [2.05, 4.69) is 27.1 Å². The number of amides is 1. The van der Waals surface area contributed by atoms with E-state index in [-0.39, 0.29) is 5.91 Å². The highest BCUT2D eigenvalue weighted by Gasteiger charge is 2.17. The summed E-state index contributed by atoms with van der Waals surface area (Å²) in [5.74, 6) is 1.76. The van der Waals surface area contributed by atoms with Crippen molar-refractivity contribution < 1.29 is 9.21 Å². The summed E-state index contributed by atoms with van der Waals surface area (Å²) in [6.07, 6.45) is 6.82. The maximum Gasteiger partial charge on any atom is 0.251 e. The number of hydrogen-bond acceptors (Lipinski definition) is 6. The zero-order valence-electron chi connectivity index (χ0n) is 16.8. The van der Waals surface area contributed by atoms with Crippen molar-refractivity contribution in [2.45, 2.75) is 24.0 Å². The third-order valence-corrected chi connectivity index (χ3v) is 5.61. The van der Waals surface area contributed by atoms with Gasteiger partial charge in [-0.05, 0) is 41.5 Å². The number of allylic oxidation sites excluding steroid dienone is 1. The molecule has 3 heterocycles. The Bertz CT molecular complexity index is 1160. The van der Waals surface area contributed by atoms with Crippen LogP contribution in [0.3, 0.4) is 0 Å². The molecule has 1 aromatic carbocycles. The van der Waals surface area contributed by atoms with Gasteiger partial charge in [-0.3, -0.25) is 14.3 Å². The van der Waals surface area contributed by atoms with Gasteiger partial charge in [0.1, 0.15) is 0 Å².